The van der Waals surface area contributed by atoms with E-state index >= 15 is 0 Å². The zero-order valence-corrected chi connectivity index (χ0v) is 16.2. The first kappa shape index (κ1) is 17.7. The average molecular weight is 386 g/mol. The quantitative estimate of drug-likeness (QED) is 0.555. The largest absolute Gasteiger partial charge is 0.350 e. The summed E-state index contributed by atoms with van der Waals surface area (Å²) in [7, 11) is 0. The molecule has 1 aliphatic carbocycles. The molecular weight excluding hydrogens is 364 g/mol. The normalized spacial score (nSPS) is 21.5. The molecule has 146 valence electrons. The summed E-state index contributed by atoms with van der Waals surface area (Å²) in [5.41, 5.74) is 9.92. The minimum atomic E-state index is -0.472. The molecule has 0 bridgehead atoms. The van der Waals surface area contributed by atoms with Gasteiger partial charge in [0, 0.05) is 11.4 Å². The van der Waals surface area contributed by atoms with Crippen LogP contribution in [0.2, 0.25) is 0 Å². The topological polar surface area (TPSA) is 107 Å². The van der Waals surface area contributed by atoms with Crippen LogP contribution in [0.25, 0.3) is 16.6 Å². The molecule has 2 atom stereocenters. The first-order valence-electron chi connectivity index (χ1n) is 9.72. The van der Waals surface area contributed by atoms with Crippen molar-refractivity contribution in [3.8, 4) is 5.69 Å². The van der Waals surface area contributed by atoms with Crippen molar-refractivity contribution in [1.29, 1.82) is 0 Å². The number of nitrogens with zero attached hydrogens (tertiary/aromatic N) is 6. The van der Waals surface area contributed by atoms with E-state index in [1.54, 1.807) is 6.20 Å². The Balaban J connectivity index is 1.34. The summed E-state index contributed by atoms with van der Waals surface area (Å²) in [5, 5.41) is 17.1. The summed E-state index contributed by atoms with van der Waals surface area (Å²) in [5.74, 6) is 0.540. The third kappa shape index (κ3) is 3.31. The molecule has 5 rings (SSSR count). The van der Waals surface area contributed by atoms with Gasteiger partial charge in [0.25, 0.3) is 0 Å². The monoisotopic (exact) mass is 386 g/mol. The number of aromatic nitrogens is 6. The van der Waals surface area contributed by atoms with Crippen LogP contribution in [-0.2, 0) is 5.54 Å². The van der Waals surface area contributed by atoms with Gasteiger partial charge in [-0.1, -0.05) is 18.2 Å². The lowest BCUT2D eigenvalue weighted by Gasteiger charge is -2.24. The zero-order chi connectivity index (χ0) is 19.8. The molecule has 0 saturated heterocycles. The van der Waals surface area contributed by atoms with Gasteiger partial charge in [0.15, 0.2) is 0 Å². The third-order valence-electron chi connectivity index (χ3n) is 5.54. The van der Waals surface area contributed by atoms with Gasteiger partial charge in [-0.2, -0.15) is 10.2 Å². The number of para-hydroxylation sites is 1. The van der Waals surface area contributed by atoms with Crippen molar-refractivity contribution in [2.45, 2.75) is 37.8 Å². The van der Waals surface area contributed by atoms with Crippen molar-refractivity contribution in [3.05, 3.63) is 66.4 Å². The average Bonchev–Trinajstić information content (AvgIpc) is 3.34. The van der Waals surface area contributed by atoms with Crippen molar-refractivity contribution >= 4 is 16.9 Å². The highest BCUT2D eigenvalue weighted by Crippen LogP contribution is 2.36. The number of rotatable bonds is 4. The Morgan fingerprint density at radius 2 is 1.97 bits per heavy atom. The summed E-state index contributed by atoms with van der Waals surface area (Å²) < 4.78 is 1.90. The number of benzene rings is 1. The Kier molecular flexibility index (Phi) is 4.21. The summed E-state index contributed by atoms with van der Waals surface area (Å²) in [6.45, 7) is 1.87. The van der Waals surface area contributed by atoms with Crippen LogP contribution >= 0.6 is 0 Å². The van der Waals surface area contributed by atoms with E-state index < -0.39 is 5.54 Å². The van der Waals surface area contributed by atoms with E-state index in [4.69, 9.17) is 10.7 Å². The van der Waals surface area contributed by atoms with Crippen LogP contribution in [0.5, 0.6) is 0 Å². The molecule has 3 N–H and O–H groups in total. The number of hydrogen-bond donors (Lipinski definition) is 2. The van der Waals surface area contributed by atoms with E-state index in [2.05, 4.69) is 37.7 Å². The van der Waals surface area contributed by atoms with E-state index in [0.717, 1.165) is 47.2 Å². The lowest BCUT2D eigenvalue weighted by atomic mass is 9.93. The van der Waals surface area contributed by atoms with Gasteiger partial charge in [0.2, 0.25) is 5.95 Å². The van der Waals surface area contributed by atoms with E-state index in [0.29, 0.717) is 5.95 Å². The van der Waals surface area contributed by atoms with Crippen LogP contribution in [0.3, 0.4) is 0 Å². The summed E-state index contributed by atoms with van der Waals surface area (Å²) in [6, 6.07) is 12.4. The molecule has 2 unspecified atom stereocenters. The SMILES string of the molecule is Cc1cnc(NC2CCC(N)(c3ccc(-n4ncc5ccccc54)cn3)C2)nn1. The van der Waals surface area contributed by atoms with Gasteiger partial charge in [-0.3, -0.25) is 4.98 Å². The summed E-state index contributed by atoms with van der Waals surface area (Å²) >= 11 is 0. The molecule has 8 heteroatoms. The smallest absolute Gasteiger partial charge is 0.242 e. The maximum Gasteiger partial charge on any atom is 0.242 e. The lowest BCUT2D eigenvalue weighted by molar-refractivity contribution is 0.442. The van der Waals surface area contributed by atoms with E-state index in [1.165, 1.54) is 0 Å². The fourth-order valence-electron chi connectivity index (χ4n) is 4.00. The molecule has 0 radical (unpaired) electrons. The van der Waals surface area contributed by atoms with Gasteiger partial charge in [-0.05, 0) is 44.4 Å². The third-order valence-corrected chi connectivity index (χ3v) is 5.54. The van der Waals surface area contributed by atoms with E-state index in [9.17, 15) is 0 Å². The number of anilines is 1. The summed E-state index contributed by atoms with van der Waals surface area (Å²) in [6.07, 6.45) is 7.96. The molecule has 3 aromatic heterocycles. The van der Waals surface area contributed by atoms with Crippen molar-refractivity contribution in [2.24, 2.45) is 5.73 Å². The highest BCUT2D eigenvalue weighted by molar-refractivity contribution is 5.79. The molecular formula is C21H22N8. The highest BCUT2D eigenvalue weighted by Gasteiger charge is 2.38. The van der Waals surface area contributed by atoms with Crippen LogP contribution in [0.15, 0.2) is 55.0 Å². The molecule has 0 amide bonds. The van der Waals surface area contributed by atoms with E-state index in [-0.39, 0.29) is 6.04 Å². The Labute approximate surface area is 168 Å². The molecule has 3 heterocycles. The Hall–Kier alpha value is -3.39. The van der Waals surface area contributed by atoms with Gasteiger partial charge in [0.05, 0.1) is 46.7 Å². The maximum atomic E-state index is 6.73. The first-order valence-corrected chi connectivity index (χ1v) is 9.72. The minimum absolute atomic E-state index is 0.195. The molecule has 1 fully saturated rings. The molecule has 1 aliphatic rings. The first-order chi connectivity index (χ1) is 14.1. The van der Waals surface area contributed by atoms with Crippen molar-refractivity contribution < 1.29 is 0 Å². The molecule has 4 aromatic rings. The number of aryl methyl sites for hydroxylation is 1. The second-order valence-electron chi connectivity index (χ2n) is 7.68. The molecule has 0 spiro atoms. The number of pyridine rings is 1. The lowest BCUT2D eigenvalue weighted by Crippen LogP contribution is -2.36. The van der Waals surface area contributed by atoms with Crippen LogP contribution in [-0.4, -0.2) is 36.0 Å². The Morgan fingerprint density at radius 1 is 1.07 bits per heavy atom. The number of nitrogens with one attached hydrogen (secondary N) is 1. The van der Waals surface area contributed by atoms with Crippen molar-refractivity contribution in [2.75, 3.05) is 5.32 Å². The van der Waals surface area contributed by atoms with Gasteiger partial charge in [-0.25, -0.2) is 9.67 Å². The molecule has 0 aliphatic heterocycles. The zero-order valence-electron chi connectivity index (χ0n) is 16.2. The maximum absolute atomic E-state index is 6.73. The predicted octanol–water partition coefficient (Wildman–Crippen LogP) is 2.73. The highest BCUT2D eigenvalue weighted by atomic mass is 15.3. The predicted molar refractivity (Wildman–Crippen MR) is 111 cm³/mol. The molecule has 8 nitrogen and oxygen atoms in total. The summed E-state index contributed by atoms with van der Waals surface area (Å²) in [4.78, 5) is 8.97. The Morgan fingerprint density at radius 3 is 2.76 bits per heavy atom. The second kappa shape index (κ2) is 6.89. The fourth-order valence-corrected chi connectivity index (χ4v) is 4.00. The number of fused-ring (bicyclic) bond motifs is 1. The van der Waals surface area contributed by atoms with Gasteiger partial charge in [0.1, 0.15) is 0 Å². The van der Waals surface area contributed by atoms with Gasteiger partial charge >= 0.3 is 0 Å². The number of hydrogen-bond acceptors (Lipinski definition) is 7. The minimum Gasteiger partial charge on any atom is -0.350 e. The van der Waals surface area contributed by atoms with Gasteiger partial charge < -0.3 is 11.1 Å². The van der Waals surface area contributed by atoms with Crippen LogP contribution in [0.4, 0.5) is 5.95 Å². The standard InChI is InChI=1S/C21H22N8/c1-14-11-24-20(28-27-14)26-16-8-9-21(22,10-16)19-7-6-17(13-23-19)29-18-5-3-2-4-15(18)12-25-29/h2-7,11-13,16H,8-10,22H2,1H3,(H,24,26,28). The molecule has 1 aromatic carbocycles. The number of nitrogens with two attached hydrogens (primary N) is 1. The van der Waals surface area contributed by atoms with Crippen LogP contribution < -0.4 is 11.1 Å². The van der Waals surface area contributed by atoms with Crippen molar-refractivity contribution in [3.63, 3.8) is 0 Å². The Bertz CT molecular complexity index is 1140. The van der Waals surface area contributed by atoms with Crippen LogP contribution in [0, 0.1) is 6.92 Å². The fraction of sp³-hybridized carbons (Fsp3) is 0.286. The molecule has 29 heavy (non-hydrogen) atoms. The second-order valence-corrected chi connectivity index (χ2v) is 7.68. The van der Waals surface area contributed by atoms with Gasteiger partial charge in [-0.15, -0.1) is 5.10 Å². The van der Waals surface area contributed by atoms with E-state index in [1.807, 2.05) is 48.3 Å². The van der Waals surface area contributed by atoms with Crippen molar-refractivity contribution in [1.82, 2.24) is 29.9 Å². The molecule has 1 saturated carbocycles. The van der Waals surface area contributed by atoms with Crippen LogP contribution in [0.1, 0.15) is 30.7 Å².